The number of amides is 2. The second kappa shape index (κ2) is 8.23. The van der Waals surface area contributed by atoms with Gasteiger partial charge in [-0.2, -0.15) is 0 Å². The quantitative estimate of drug-likeness (QED) is 0.692. The molecule has 1 aliphatic carbocycles. The van der Waals surface area contributed by atoms with Crippen molar-refractivity contribution >= 4 is 40.9 Å². The van der Waals surface area contributed by atoms with Crippen molar-refractivity contribution < 1.29 is 14.3 Å². The van der Waals surface area contributed by atoms with Gasteiger partial charge in [0.1, 0.15) is 0 Å². The van der Waals surface area contributed by atoms with Crippen molar-refractivity contribution in [1.29, 1.82) is 0 Å². The van der Waals surface area contributed by atoms with Gasteiger partial charge in [0.15, 0.2) is 0 Å². The average Bonchev–Trinajstić information content (AvgIpc) is 3.36. The van der Waals surface area contributed by atoms with Crippen LogP contribution in [-0.4, -0.2) is 36.8 Å². The van der Waals surface area contributed by atoms with E-state index < -0.39 is 5.25 Å². The first-order valence-corrected chi connectivity index (χ1v) is 9.49. The van der Waals surface area contributed by atoms with Gasteiger partial charge in [-0.3, -0.25) is 9.59 Å². The summed E-state index contributed by atoms with van der Waals surface area (Å²) in [6.45, 7) is 2.09. The van der Waals surface area contributed by atoms with E-state index in [-0.39, 0.29) is 18.2 Å². The topological polar surface area (TPSA) is 67.4 Å². The number of hydrogen-bond acceptors (Lipinski definition) is 4. The summed E-state index contributed by atoms with van der Waals surface area (Å²) in [4.78, 5) is 25.1. The summed E-state index contributed by atoms with van der Waals surface area (Å²) in [5, 5.41) is 5.83. The lowest BCUT2D eigenvalue weighted by Crippen LogP contribution is -2.35. The Hall–Kier alpha value is -1.24. The van der Waals surface area contributed by atoms with Crippen LogP contribution in [0.1, 0.15) is 25.7 Å². The van der Waals surface area contributed by atoms with Crippen LogP contribution in [0, 0.1) is 5.92 Å². The van der Waals surface area contributed by atoms with Crippen molar-refractivity contribution in [3.63, 3.8) is 0 Å². The van der Waals surface area contributed by atoms with Crippen LogP contribution in [0.3, 0.4) is 0 Å². The third kappa shape index (κ3) is 5.13. The second-order valence-corrected chi connectivity index (χ2v) is 7.84. The third-order valence-electron chi connectivity index (χ3n) is 3.97. The van der Waals surface area contributed by atoms with E-state index in [2.05, 4.69) is 10.6 Å². The number of thioether (sulfide) groups is 1. The van der Waals surface area contributed by atoms with Gasteiger partial charge in [0.05, 0.1) is 10.9 Å². The predicted octanol–water partition coefficient (Wildman–Crippen LogP) is 3.08. The number of benzene rings is 1. The third-order valence-corrected chi connectivity index (χ3v) is 5.48. The van der Waals surface area contributed by atoms with Gasteiger partial charge in [-0.15, -0.1) is 11.8 Å². The van der Waals surface area contributed by atoms with Crippen LogP contribution in [-0.2, 0) is 14.3 Å². The van der Waals surface area contributed by atoms with Crippen LogP contribution < -0.4 is 10.6 Å². The van der Waals surface area contributed by atoms with Crippen molar-refractivity contribution in [2.75, 3.05) is 25.1 Å². The first kappa shape index (κ1) is 17.6. The number of carbonyl (C=O) groups is 2. The van der Waals surface area contributed by atoms with E-state index in [0.717, 1.165) is 23.8 Å². The first-order chi connectivity index (χ1) is 11.6. The molecule has 1 saturated carbocycles. The molecule has 1 fully saturated rings. The Balaban J connectivity index is 1.37. The van der Waals surface area contributed by atoms with Crippen molar-refractivity contribution in [1.82, 2.24) is 5.32 Å². The van der Waals surface area contributed by atoms with Gasteiger partial charge in [0.25, 0.3) is 0 Å². The lowest BCUT2D eigenvalue weighted by atomic mass is 10.2. The summed E-state index contributed by atoms with van der Waals surface area (Å²) in [6, 6.07) is 5.37. The van der Waals surface area contributed by atoms with E-state index >= 15 is 0 Å². The van der Waals surface area contributed by atoms with Gasteiger partial charge in [0.2, 0.25) is 11.8 Å². The molecular formula is C17H21ClN2O3S. The van der Waals surface area contributed by atoms with Gasteiger partial charge >= 0.3 is 0 Å². The number of rotatable bonds is 8. The fraction of sp³-hybridized carbons (Fsp3) is 0.529. The summed E-state index contributed by atoms with van der Waals surface area (Å²) >= 11 is 7.33. The molecule has 0 radical (unpaired) electrons. The molecule has 1 aliphatic heterocycles. The minimum atomic E-state index is -0.412. The zero-order chi connectivity index (χ0) is 16.9. The highest BCUT2D eigenvalue weighted by Crippen LogP contribution is 2.38. The van der Waals surface area contributed by atoms with Crippen molar-refractivity contribution in [3.8, 4) is 0 Å². The molecule has 7 heteroatoms. The highest BCUT2D eigenvalue weighted by atomic mass is 35.5. The Bertz CT molecular complexity index is 622. The molecule has 2 aliphatic rings. The number of nitrogens with one attached hydrogen (secondary N) is 2. The Kier molecular flexibility index (Phi) is 6.03. The standard InChI is InChI=1S/C17H21ClN2O3S/c18-12-4-5-14-13(8-12)20-17(22)15(24-14)9-16(21)19-6-1-7-23-10-11-2-3-11/h4-5,8,11,15H,1-3,6-7,9-10H2,(H,19,21)(H,20,22)/t15-/m0/s1. The molecule has 2 N–H and O–H groups in total. The zero-order valence-corrected chi connectivity index (χ0v) is 14.9. The molecule has 1 aromatic rings. The van der Waals surface area contributed by atoms with Crippen molar-refractivity contribution in [2.45, 2.75) is 35.8 Å². The molecule has 0 spiro atoms. The smallest absolute Gasteiger partial charge is 0.238 e. The molecule has 1 heterocycles. The lowest BCUT2D eigenvalue weighted by molar-refractivity contribution is -0.124. The maximum atomic E-state index is 12.1. The van der Waals surface area contributed by atoms with Gasteiger partial charge in [-0.25, -0.2) is 0 Å². The molecule has 3 rings (SSSR count). The monoisotopic (exact) mass is 368 g/mol. The zero-order valence-electron chi connectivity index (χ0n) is 13.3. The van der Waals surface area contributed by atoms with E-state index in [1.165, 1.54) is 24.6 Å². The Morgan fingerprint density at radius 2 is 2.25 bits per heavy atom. The van der Waals surface area contributed by atoms with Crippen LogP contribution >= 0.6 is 23.4 Å². The van der Waals surface area contributed by atoms with E-state index in [9.17, 15) is 9.59 Å². The molecule has 1 aromatic carbocycles. The van der Waals surface area contributed by atoms with Crippen LogP contribution in [0.15, 0.2) is 23.1 Å². The summed E-state index contributed by atoms with van der Waals surface area (Å²) in [5.74, 6) is 0.499. The molecular weight excluding hydrogens is 348 g/mol. The molecule has 0 bridgehead atoms. The normalized spacial score (nSPS) is 19.5. The molecule has 24 heavy (non-hydrogen) atoms. The van der Waals surface area contributed by atoms with E-state index in [4.69, 9.17) is 16.3 Å². The Morgan fingerprint density at radius 1 is 1.42 bits per heavy atom. The van der Waals surface area contributed by atoms with E-state index in [1.54, 1.807) is 12.1 Å². The molecule has 0 unspecified atom stereocenters. The molecule has 0 saturated heterocycles. The summed E-state index contributed by atoms with van der Waals surface area (Å²) in [5.41, 5.74) is 0.710. The van der Waals surface area contributed by atoms with Crippen molar-refractivity contribution in [3.05, 3.63) is 23.2 Å². The maximum Gasteiger partial charge on any atom is 0.238 e. The average molecular weight is 369 g/mol. The molecule has 5 nitrogen and oxygen atoms in total. The molecule has 130 valence electrons. The van der Waals surface area contributed by atoms with Gasteiger partial charge < -0.3 is 15.4 Å². The van der Waals surface area contributed by atoms with Gasteiger partial charge in [0, 0.05) is 36.1 Å². The lowest BCUT2D eigenvalue weighted by Gasteiger charge is -2.23. The Labute approximate surface area is 150 Å². The highest BCUT2D eigenvalue weighted by Gasteiger charge is 2.29. The minimum absolute atomic E-state index is 0.109. The number of hydrogen-bond donors (Lipinski definition) is 2. The second-order valence-electron chi connectivity index (χ2n) is 6.16. The minimum Gasteiger partial charge on any atom is -0.381 e. The fourth-order valence-corrected chi connectivity index (χ4v) is 3.70. The van der Waals surface area contributed by atoms with Crippen LogP contribution in [0.2, 0.25) is 5.02 Å². The molecule has 2 amide bonds. The summed E-state index contributed by atoms with van der Waals surface area (Å²) in [7, 11) is 0. The Morgan fingerprint density at radius 3 is 3.04 bits per heavy atom. The summed E-state index contributed by atoms with van der Waals surface area (Å²) < 4.78 is 5.52. The molecule has 0 aromatic heterocycles. The summed E-state index contributed by atoms with van der Waals surface area (Å²) in [6.07, 6.45) is 3.53. The number of fused-ring (bicyclic) bond motifs is 1. The SMILES string of the molecule is O=C(C[C@@H]1Sc2ccc(Cl)cc2NC1=O)NCCCOCC1CC1. The number of anilines is 1. The number of halogens is 1. The van der Waals surface area contributed by atoms with Gasteiger partial charge in [-0.1, -0.05) is 11.6 Å². The number of carbonyl (C=O) groups excluding carboxylic acids is 2. The fourth-order valence-electron chi connectivity index (χ4n) is 2.43. The van der Waals surface area contributed by atoms with Crippen LogP contribution in [0.25, 0.3) is 0 Å². The largest absolute Gasteiger partial charge is 0.381 e. The van der Waals surface area contributed by atoms with Crippen molar-refractivity contribution in [2.24, 2.45) is 5.92 Å². The predicted molar refractivity (Wildman–Crippen MR) is 95.5 cm³/mol. The van der Waals surface area contributed by atoms with E-state index in [1.807, 2.05) is 6.07 Å². The number of ether oxygens (including phenoxy) is 1. The van der Waals surface area contributed by atoms with Gasteiger partial charge in [-0.05, 0) is 43.4 Å². The maximum absolute atomic E-state index is 12.1. The van der Waals surface area contributed by atoms with Crippen LogP contribution in [0.5, 0.6) is 0 Å². The van der Waals surface area contributed by atoms with E-state index in [0.29, 0.717) is 23.9 Å². The molecule has 1 atom stereocenters. The highest BCUT2D eigenvalue weighted by molar-refractivity contribution is 8.01. The van der Waals surface area contributed by atoms with Crippen LogP contribution in [0.4, 0.5) is 5.69 Å². The first-order valence-electron chi connectivity index (χ1n) is 8.23.